The molecule has 3 rings (SSSR count). The van der Waals surface area contributed by atoms with Gasteiger partial charge in [-0.25, -0.2) is 4.79 Å². The van der Waals surface area contributed by atoms with Crippen LogP contribution in [0.25, 0.3) is 0 Å². The van der Waals surface area contributed by atoms with Crippen molar-refractivity contribution in [3.05, 3.63) is 27.9 Å². The molecule has 86 valence electrons. The van der Waals surface area contributed by atoms with Crippen LogP contribution < -0.4 is 11.0 Å². The molecule has 1 aromatic heterocycles. The highest BCUT2D eigenvalue weighted by atomic mass is 16.1. The monoisotopic (exact) mass is 219 g/mol. The largest absolute Gasteiger partial charge is 0.345 e. The second kappa shape index (κ2) is 4.01. The Morgan fingerprint density at radius 3 is 2.94 bits per heavy atom. The van der Waals surface area contributed by atoms with Gasteiger partial charge in [-0.3, -0.25) is 0 Å². The SMILES string of the molecule is O=c1nc(C2CC2)cc(CC2CCNC2)[nH]1. The van der Waals surface area contributed by atoms with Gasteiger partial charge in [0.15, 0.2) is 0 Å². The molecule has 1 aliphatic carbocycles. The summed E-state index contributed by atoms with van der Waals surface area (Å²) >= 11 is 0. The Hall–Kier alpha value is -1.16. The first kappa shape index (κ1) is 10.0. The molecule has 0 radical (unpaired) electrons. The van der Waals surface area contributed by atoms with E-state index in [1.165, 1.54) is 19.3 Å². The maximum Gasteiger partial charge on any atom is 0.345 e. The number of H-pyrrole nitrogens is 1. The van der Waals surface area contributed by atoms with Crippen molar-refractivity contribution in [3.8, 4) is 0 Å². The third kappa shape index (κ3) is 2.16. The highest BCUT2D eigenvalue weighted by molar-refractivity contribution is 5.17. The van der Waals surface area contributed by atoms with Gasteiger partial charge < -0.3 is 10.3 Å². The third-order valence-electron chi connectivity index (χ3n) is 3.49. The first-order valence-corrected chi connectivity index (χ1v) is 6.12. The van der Waals surface area contributed by atoms with Crippen molar-refractivity contribution in [2.24, 2.45) is 5.92 Å². The van der Waals surface area contributed by atoms with Crippen LogP contribution in [0.4, 0.5) is 0 Å². The van der Waals surface area contributed by atoms with Gasteiger partial charge in [-0.1, -0.05) is 0 Å². The molecule has 0 bridgehead atoms. The summed E-state index contributed by atoms with van der Waals surface area (Å²) in [6.45, 7) is 2.18. The molecule has 0 spiro atoms. The molecule has 1 aromatic rings. The van der Waals surface area contributed by atoms with Crippen LogP contribution in [-0.4, -0.2) is 23.1 Å². The standard InChI is InChI=1S/C12H17N3O/c16-12-14-10(5-8-3-4-13-7-8)6-11(15-12)9-1-2-9/h6,8-9,13H,1-5,7H2,(H,14,15,16). The van der Waals surface area contributed by atoms with Gasteiger partial charge in [-0.05, 0) is 50.8 Å². The molecule has 2 heterocycles. The van der Waals surface area contributed by atoms with Gasteiger partial charge in [-0.15, -0.1) is 0 Å². The smallest absolute Gasteiger partial charge is 0.316 e. The molecule has 1 atom stereocenters. The Morgan fingerprint density at radius 2 is 2.25 bits per heavy atom. The first-order chi connectivity index (χ1) is 7.81. The molecule has 1 saturated heterocycles. The topological polar surface area (TPSA) is 57.8 Å². The molecule has 4 heteroatoms. The zero-order valence-electron chi connectivity index (χ0n) is 9.33. The van der Waals surface area contributed by atoms with Crippen LogP contribution in [0, 0.1) is 5.92 Å². The highest BCUT2D eigenvalue weighted by Gasteiger charge is 2.26. The predicted octanol–water partition coefficient (Wildman–Crippen LogP) is 0.799. The van der Waals surface area contributed by atoms with E-state index in [-0.39, 0.29) is 5.69 Å². The van der Waals surface area contributed by atoms with Gasteiger partial charge in [0.1, 0.15) is 0 Å². The molecule has 4 nitrogen and oxygen atoms in total. The lowest BCUT2D eigenvalue weighted by molar-refractivity contribution is 0.568. The second-order valence-corrected chi connectivity index (χ2v) is 4.97. The molecular formula is C12H17N3O. The van der Waals surface area contributed by atoms with Gasteiger partial charge in [0.05, 0.1) is 5.69 Å². The summed E-state index contributed by atoms with van der Waals surface area (Å²) in [6.07, 6.45) is 4.58. The maximum absolute atomic E-state index is 11.4. The summed E-state index contributed by atoms with van der Waals surface area (Å²) in [4.78, 5) is 18.3. The summed E-state index contributed by atoms with van der Waals surface area (Å²) in [5, 5.41) is 3.35. The molecule has 0 aromatic carbocycles. The number of nitrogens with zero attached hydrogens (tertiary/aromatic N) is 1. The number of nitrogens with one attached hydrogen (secondary N) is 2. The molecule has 0 amide bonds. The van der Waals surface area contributed by atoms with E-state index in [4.69, 9.17) is 0 Å². The molecular weight excluding hydrogens is 202 g/mol. The predicted molar refractivity (Wildman–Crippen MR) is 61.5 cm³/mol. The minimum absolute atomic E-state index is 0.176. The van der Waals surface area contributed by atoms with Crippen molar-refractivity contribution in [2.45, 2.75) is 31.6 Å². The fourth-order valence-electron chi connectivity index (χ4n) is 2.43. The second-order valence-electron chi connectivity index (χ2n) is 4.97. The lowest BCUT2D eigenvalue weighted by Gasteiger charge is -2.08. The summed E-state index contributed by atoms with van der Waals surface area (Å²) in [5.74, 6) is 1.23. The van der Waals surface area contributed by atoms with E-state index in [1.54, 1.807) is 0 Å². The summed E-state index contributed by atoms with van der Waals surface area (Å²) in [5.41, 5.74) is 1.89. The Kier molecular flexibility index (Phi) is 2.52. The molecule has 2 fully saturated rings. The van der Waals surface area contributed by atoms with E-state index in [0.29, 0.717) is 11.8 Å². The zero-order valence-corrected chi connectivity index (χ0v) is 9.33. The number of aromatic nitrogens is 2. The van der Waals surface area contributed by atoms with Crippen molar-refractivity contribution in [3.63, 3.8) is 0 Å². The van der Waals surface area contributed by atoms with Crippen molar-refractivity contribution >= 4 is 0 Å². The fraction of sp³-hybridized carbons (Fsp3) is 0.667. The molecule has 1 unspecified atom stereocenters. The van der Waals surface area contributed by atoms with Crippen LogP contribution in [0.15, 0.2) is 10.9 Å². The molecule has 2 N–H and O–H groups in total. The normalized spacial score (nSPS) is 24.9. The average Bonchev–Trinajstić information content (AvgIpc) is 2.98. The Labute approximate surface area is 94.5 Å². The summed E-state index contributed by atoms with van der Waals surface area (Å²) in [6, 6.07) is 2.09. The Bertz CT molecular complexity index is 430. The minimum Gasteiger partial charge on any atom is -0.316 e. The molecule has 1 saturated carbocycles. The van der Waals surface area contributed by atoms with Crippen molar-refractivity contribution in [1.82, 2.24) is 15.3 Å². The van der Waals surface area contributed by atoms with E-state index in [0.717, 1.165) is 30.9 Å². The zero-order chi connectivity index (χ0) is 11.0. The van der Waals surface area contributed by atoms with Crippen LogP contribution in [0.2, 0.25) is 0 Å². The number of aromatic amines is 1. The Balaban J connectivity index is 1.79. The van der Waals surface area contributed by atoms with Crippen LogP contribution in [-0.2, 0) is 6.42 Å². The molecule has 1 aliphatic heterocycles. The van der Waals surface area contributed by atoms with Crippen molar-refractivity contribution in [2.75, 3.05) is 13.1 Å². The first-order valence-electron chi connectivity index (χ1n) is 6.12. The van der Waals surface area contributed by atoms with Gasteiger partial charge in [0, 0.05) is 11.6 Å². The van der Waals surface area contributed by atoms with E-state index in [2.05, 4.69) is 21.4 Å². The quantitative estimate of drug-likeness (QED) is 0.790. The van der Waals surface area contributed by atoms with Crippen LogP contribution in [0.1, 0.15) is 36.6 Å². The number of hydrogen-bond donors (Lipinski definition) is 2. The van der Waals surface area contributed by atoms with Crippen molar-refractivity contribution < 1.29 is 0 Å². The van der Waals surface area contributed by atoms with E-state index in [1.807, 2.05) is 0 Å². The Morgan fingerprint density at radius 1 is 1.38 bits per heavy atom. The van der Waals surface area contributed by atoms with Gasteiger partial charge in [-0.2, -0.15) is 4.98 Å². The van der Waals surface area contributed by atoms with E-state index < -0.39 is 0 Å². The van der Waals surface area contributed by atoms with Gasteiger partial charge in [0.25, 0.3) is 0 Å². The molecule has 16 heavy (non-hydrogen) atoms. The summed E-state index contributed by atoms with van der Waals surface area (Å²) in [7, 11) is 0. The fourth-order valence-corrected chi connectivity index (χ4v) is 2.43. The molecule has 2 aliphatic rings. The van der Waals surface area contributed by atoms with Crippen LogP contribution >= 0.6 is 0 Å². The minimum atomic E-state index is -0.176. The highest BCUT2D eigenvalue weighted by Crippen LogP contribution is 2.38. The average molecular weight is 219 g/mol. The van der Waals surface area contributed by atoms with Gasteiger partial charge in [0.2, 0.25) is 0 Å². The van der Waals surface area contributed by atoms with Crippen molar-refractivity contribution in [1.29, 1.82) is 0 Å². The van der Waals surface area contributed by atoms with Crippen LogP contribution in [0.3, 0.4) is 0 Å². The lowest BCUT2D eigenvalue weighted by atomic mass is 10.0. The number of rotatable bonds is 3. The van der Waals surface area contributed by atoms with E-state index in [9.17, 15) is 4.79 Å². The lowest BCUT2D eigenvalue weighted by Crippen LogP contribution is -2.18. The van der Waals surface area contributed by atoms with Gasteiger partial charge >= 0.3 is 5.69 Å². The van der Waals surface area contributed by atoms with Crippen LogP contribution in [0.5, 0.6) is 0 Å². The third-order valence-corrected chi connectivity index (χ3v) is 3.49. The van der Waals surface area contributed by atoms with E-state index >= 15 is 0 Å². The summed E-state index contributed by atoms with van der Waals surface area (Å²) < 4.78 is 0. The number of hydrogen-bond acceptors (Lipinski definition) is 3. The maximum atomic E-state index is 11.4.